The van der Waals surface area contributed by atoms with Crippen LogP contribution in [0.5, 0.6) is 11.5 Å². The van der Waals surface area contributed by atoms with Gasteiger partial charge in [0, 0.05) is 12.6 Å². The number of rotatable bonds is 5. The molecule has 0 aliphatic heterocycles. The van der Waals surface area contributed by atoms with E-state index in [1.54, 1.807) is 7.11 Å². The molecule has 0 atom stereocenters. The summed E-state index contributed by atoms with van der Waals surface area (Å²) in [7, 11) is 1.65. The molecule has 2 aromatic carbocycles. The maximum Gasteiger partial charge on any atom is 0.123 e. The number of benzene rings is 2. The predicted octanol–water partition coefficient (Wildman–Crippen LogP) is 3.22. The van der Waals surface area contributed by atoms with Crippen molar-refractivity contribution >= 4 is 0 Å². The van der Waals surface area contributed by atoms with Crippen LogP contribution >= 0.6 is 0 Å². The summed E-state index contributed by atoms with van der Waals surface area (Å²) in [6.07, 6.45) is 3.68. The Balaban J connectivity index is 1.72. The molecule has 110 valence electrons. The van der Waals surface area contributed by atoms with Gasteiger partial charge in [0.1, 0.15) is 18.1 Å². The van der Waals surface area contributed by atoms with Crippen LogP contribution in [-0.4, -0.2) is 7.11 Å². The molecule has 2 N–H and O–H groups in total. The van der Waals surface area contributed by atoms with Crippen molar-refractivity contribution in [3.05, 3.63) is 58.7 Å². The average molecular weight is 283 g/mol. The van der Waals surface area contributed by atoms with Crippen molar-refractivity contribution in [2.45, 2.75) is 32.4 Å². The Morgan fingerprint density at radius 2 is 1.76 bits per heavy atom. The molecule has 0 radical (unpaired) electrons. The summed E-state index contributed by atoms with van der Waals surface area (Å²) >= 11 is 0. The molecule has 2 aromatic rings. The smallest absolute Gasteiger partial charge is 0.123 e. The molecule has 0 heterocycles. The van der Waals surface area contributed by atoms with Crippen molar-refractivity contribution in [2.75, 3.05) is 7.11 Å². The van der Waals surface area contributed by atoms with Crippen LogP contribution < -0.4 is 15.2 Å². The summed E-state index contributed by atoms with van der Waals surface area (Å²) in [4.78, 5) is 0. The van der Waals surface area contributed by atoms with Gasteiger partial charge in [0.25, 0.3) is 0 Å². The van der Waals surface area contributed by atoms with Gasteiger partial charge in [-0.2, -0.15) is 0 Å². The van der Waals surface area contributed by atoms with E-state index in [2.05, 4.69) is 18.2 Å². The van der Waals surface area contributed by atoms with Gasteiger partial charge in [-0.25, -0.2) is 0 Å². The highest BCUT2D eigenvalue weighted by molar-refractivity contribution is 5.39. The van der Waals surface area contributed by atoms with Crippen LogP contribution in [-0.2, 0) is 26.0 Å². The van der Waals surface area contributed by atoms with Crippen LogP contribution in [0.1, 0.15) is 28.7 Å². The van der Waals surface area contributed by atoms with Gasteiger partial charge in [-0.15, -0.1) is 0 Å². The van der Waals surface area contributed by atoms with E-state index in [0.717, 1.165) is 17.1 Å². The fourth-order valence-electron chi connectivity index (χ4n) is 2.83. The maximum atomic E-state index is 5.90. The van der Waals surface area contributed by atoms with Crippen LogP contribution in [0.25, 0.3) is 0 Å². The Hall–Kier alpha value is -2.00. The number of hydrogen-bond donors (Lipinski definition) is 1. The minimum Gasteiger partial charge on any atom is -0.497 e. The number of hydrogen-bond acceptors (Lipinski definition) is 3. The quantitative estimate of drug-likeness (QED) is 0.916. The fourth-order valence-corrected chi connectivity index (χ4v) is 2.83. The molecule has 3 rings (SSSR count). The molecular weight excluding hydrogens is 262 g/mol. The molecule has 0 amide bonds. The summed E-state index contributed by atoms with van der Waals surface area (Å²) in [5, 5.41) is 0. The summed E-state index contributed by atoms with van der Waals surface area (Å²) < 4.78 is 11.2. The van der Waals surface area contributed by atoms with Crippen molar-refractivity contribution in [3.63, 3.8) is 0 Å². The first-order valence-electron chi connectivity index (χ1n) is 7.40. The first-order chi connectivity index (χ1) is 10.3. The molecule has 0 fully saturated rings. The standard InChI is InChI=1S/C18H21NO2/c1-20-17-8-14(11-19)9-18(10-17)21-12-13-5-6-15-3-2-4-16(15)7-13/h5-10H,2-4,11-12,19H2,1H3. The van der Waals surface area contributed by atoms with Crippen LogP contribution in [0.2, 0.25) is 0 Å². The first-order valence-corrected chi connectivity index (χ1v) is 7.40. The predicted molar refractivity (Wildman–Crippen MR) is 83.7 cm³/mol. The molecule has 1 aliphatic rings. The van der Waals surface area contributed by atoms with Crippen LogP contribution in [0.3, 0.4) is 0 Å². The molecular formula is C18H21NO2. The number of methoxy groups -OCH3 is 1. The minimum atomic E-state index is 0.479. The van der Waals surface area contributed by atoms with E-state index in [4.69, 9.17) is 15.2 Å². The van der Waals surface area contributed by atoms with Gasteiger partial charge in [0.2, 0.25) is 0 Å². The molecule has 21 heavy (non-hydrogen) atoms. The van der Waals surface area contributed by atoms with Crippen LogP contribution in [0, 0.1) is 0 Å². The van der Waals surface area contributed by atoms with E-state index < -0.39 is 0 Å². The van der Waals surface area contributed by atoms with Crippen molar-refractivity contribution in [1.29, 1.82) is 0 Å². The molecule has 0 unspecified atom stereocenters. The third kappa shape index (κ3) is 3.19. The topological polar surface area (TPSA) is 44.5 Å². The fraction of sp³-hybridized carbons (Fsp3) is 0.333. The van der Waals surface area contributed by atoms with E-state index in [1.165, 1.54) is 36.0 Å². The number of nitrogens with two attached hydrogens (primary N) is 1. The average Bonchev–Trinajstić information content (AvgIpc) is 3.00. The Bertz CT molecular complexity index is 615. The zero-order valence-corrected chi connectivity index (χ0v) is 12.4. The van der Waals surface area contributed by atoms with Gasteiger partial charge < -0.3 is 15.2 Å². The third-order valence-electron chi connectivity index (χ3n) is 3.98. The van der Waals surface area contributed by atoms with Crippen molar-refractivity contribution in [1.82, 2.24) is 0 Å². The van der Waals surface area contributed by atoms with Gasteiger partial charge in [-0.05, 0) is 53.6 Å². The highest BCUT2D eigenvalue weighted by Gasteiger charge is 2.11. The van der Waals surface area contributed by atoms with E-state index in [0.29, 0.717) is 13.2 Å². The summed E-state index contributed by atoms with van der Waals surface area (Å²) in [5.41, 5.74) is 10.9. The second-order valence-corrected chi connectivity index (χ2v) is 5.47. The highest BCUT2D eigenvalue weighted by atomic mass is 16.5. The van der Waals surface area contributed by atoms with Gasteiger partial charge in [0.15, 0.2) is 0 Å². The number of aryl methyl sites for hydroxylation is 2. The summed E-state index contributed by atoms with van der Waals surface area (Å²) in [6.45, 7) is 1.05. The zero-order valence-electron chi connectivity index (χ0n) is 12.4. The van der Waals surface area contributed by atoms with E-state index in [9.17, 15) is 0 Å². The minimum absolute atomic E-state index is 0.479. The lowest BCUT2D eigenvalue weighted by Gasteiger charge is -2.11. The van der Waals surface area contributed by atoms with Gasteiger partial charge >= 0.3 is 0 Å². The van der Waals surface area contributed by atoms with Crippen molar-refractivity contribution < 1.29 is 9.47 Å². The monoisotopic (exact) mass is 283 g/mol. The second kappa shape index (κ2) is 6.19. The molecule has 0 aromatic heterocycles. The van der Waals surface area contributed by atoms with Crippen LogP contribution in [0.4, 0.5) is 0 Å². The highest BCUT2D eigenvalue weighted by Crippen LogP contribution is 2.25. The zero-order chi connectivity index (χ0) is 14.7. The Kier molecular flexibility index (Phi) is 4.11. The lowest BCUT2D eigenvalue weighted by molar-refractivity contribution is 0.303. The summed E-state index contributed by atoms with van der Waals surface area (Å²) in [5.74, 6) is 1.58. The van der Waals surface area contributed by atoms with E-state index in [-0.39, 0.29) is 0 Å². The largest absolute Gasteiger partial charge is 0.497 e. The molecule has 1 aliphatic carbocycles. The van der Waals surface area contributed by atoms with Crippen molar-refractivity contribution in [3.8, 4) is 11.5 Å². The Labute approximate surface area is 125 Å². The van der Waals surface area contributed by atoms with Crippen LogP contribution in [0.15, 0.2) is 36.4 Å². The molecule has 0 spiro atoms. The normalized spacial score (nSPS) is 13.0. The summed E-state index contributed by atoms with van der Waals surface area (Å²) in [6, 6.07) is 12.5. The van der Waals surface area contributed by atoms with E-state index in [1.807, 2.05) is 18.2 Å². The maximum absolute atomic E-state index is 5.90. The Morgan fingerprint density at radius 1 is 0.952 bits per heavy atom. The molecule has 3 heteroatoms. The lowest BCUT2D eigenvalue weighted by atomic mass is 10.1. The number of ether oxygens (including phenoxy) is 2. The van der Waals surface area contributed by atoms with Crippen molar-refractivity contribution in [2.24, 2.45) is 5.73 Å². The molecule has 0 saturated carbocycles. The SMILES string of the molecule is COc1cc(CN)cc(OCc2ccc3c(c2)CCC3)c1. The number of fused-ring (bicyclic) bond motifs is 1. The van der Waals surface area contributed by atoms with Gasteiger partial charge in [0.05, 0.1) is 7.11 Å². The third-order valence-corrected chi connectivity index (χ3v) is 3.98. The molecule has 0 saturated heterocycles. The molecule has 3 nitrogen and oxygen atoms in total. The van der Waals surface area contributed by atoms with E-state index >= 15 is 0 Å². The first kappa shape index (κ1) is 14.0. The Morgan fingerprint density at radius 3 is 2.57 bits per heavy atom. The second-order valence-electron chi connectivity index (χ2n) is 5.47. The lowest BCUT2D eigenvalue weighted by Crippen LogP contribution is -2.00. The molecule has 0 bridgehead atoms. The van der Waals surface area contributed by atoms with Gasteiger partial charge in [-0.3, -0.25) is 0 Å². The van der Waals surface area contributed by atoms with Gasteiger partial charge in [-0.1, -0.05) is 18.2 Å².